The van der Waals surface area contributed by atoms with Crippen molar-refractivity contribution in [2.24, 2.45) is 0 Å². The van der Waals surface area contributed by atoms with Crippen LogP contribution in [0.3, 0.4) is 0 Å². The summed E-state index contributed by atoms with van der Waals surface area (Å²) in [6.07, 6.45) is -4.45. The Kier molecular flexibility index (Phi) is 6.60. The third-order valence-corrected chi connectivity index (χ3v) is 7.20. The SMILES string of the molecule is O=C(O)CC[C@H]1CN(S(=O)(=O)c2cccc(C(F)(F)F)c2)c2cc(-c3ccnc(Cl)n3)ccc2O1. The summed E-state index contributed by atoms with van der Waals surface area (Å²) < 4.78 is 73.6. The first kappa shape index (κ1) is 24.7. The summed E-state index contributed by atoms with van der Waals surface area (Å²) >= 11 is 5.86. The van der Waals surface area contributed by atoms with Gasteiger partial charge in [0.05, 0.1) is 28.4 Å². The molecule has 1 aliphatic rings. The lowest BCUT2D eigenvalue weighted by Gasteiger charge is -2.35. The molecule has 3 aromatic rings. The third kappa shape index (κ3) is 5.33. The smallest absolute Gasteiger partial charge is 0.416 e. The van der Waals surface area contributed by atoms with Gasteiger partial charge in [0, 0.05) is 18.2 Å². The molecule has 0 unspecified atom stereocenters. The predicted octanol–water partition coefficient (Wildman–Crippen LogP) is 4.64. The minimum absolute atomic E-state index is 0.00729. The van der Waals surface area contributed by atoms with Gasteiger partial charge >= 0.3 is 12.1 Å². The van der Waals surface area contributed by atoms with E-state index in [0.29, 0.717) is 17.3 Å². The Bertz CT molecular complexity index is 1380. The summed E-state index contributed by atoms with van der Waals surface area (Å²) in [5.41, 5.74) is -0.192. The molecular formula is C22H17ClF3N3O5S. The fourth-order valence-electron chi connectivity index (χ4n) is 3.59. The molecule has 0 radical (unpaired) electrons. The number of rotatable bonds is 6. The van der Waals surface area contributed by atoms with Gasteiger partial charge in [0.1, 0.15) is 11.9 Å². The average molecular weight is 528 g/mol. The fourth-order valence-corrected chi connectivity index (χ4v) is 5.28. The number of aliphatic carboxylic acids is 1. The van der Waals surface area contributed by atoms with Crippen molar-refractivity contribution < 1.29 is 36.2 Å². The van der Waals surface area contributed by atoms with Gasteiger partial charge in [-0.3, -0.25) is 9.10 Å². The second-order valence-corrected chi connectivity index (χ2v) is 9.83. The second-order valence-electron chi connectivity index (χ2n) is 7.63. The summed E-state index contributed by atoms with van der Waals surface area (Å²) in [4.78, 5) is 18.4. The van der Waals surface area contributed by atoms with E-state index in [2.05, 4.69) is 9.97 Å². The van der Waals surface area contributed by atoms with Crippen LogP contribution in [0, 0.1) is 0 Å². The topological polar surface area (TPSA) is 110 Å². The lowest BCUT2D eigenvalue weighted by atomic mass is 10.1. The van der Waals surface area contributed by atoms with Crippen molar-refractivity contribution in [3.63, 3.8) is 0 Å². The molecule has 0 saturated heterocycles. The predicted molar refractivity (Wildman–Crippen MR) is 120 cm³/mol. The Labute approximate surface area is 203 Å². The Morgan fingerprint density at radius 3 is 2.66 bits per heavy atom. The molecule has 1 N–H and O–H groups in total. The molecule has 8 nitrogen and oxygen atoms in total. The molecule has 35 heavy (non-hydrogen) atoms. The number of benzene rings is 2. The summed E-state index contributed by atoms with van der Waals surface area (Å²) in [5, 5.41) is 8.99. The van der Waals surface area contributed by atoms with Crippen LogP contribution in [0.5, 0.6) is 5.75 Å². The number of nitrogens with zero attached hydrogens (tertiary/aromatic N) is 3. The standard InChI is InChI=1S/C22H17ClF3N3O5S/c23-21-27-9-8-17(28-21)13-4-6-19-18(10-13)29(12-15(34-19)5-7-20(30)31)35(32,33)16-3-1-2-14(11-16)22(24,25)26/h1-4,6,8-11,15H,5,7,12H2,(H,30,31)/t15-/m0/s1. The highest BCUT2D eigenvalue weighted by molar-refractivity contribution is 7.92. The maximum Gasteiger partial charge on any atom is 0.416 e. The van der Waals surface area contributed by atoms with Crippen LogP contribution >= 0.6 is 11.6 Å². The second kappa shape index (κ2) is 9.34. The lowest BCUT2D eigenvalue weighted by Crippen LogP contribution is -2.43. The van der Waals surface area contributed by atoms with Crippen LogP contribution < -0.4 is 9.04 Å². The normalized spacial score (nSPS) is 15.9. The highest BCUT2D eigenvalue weighted by atomic mass is 35.5. The summed E-state index contributed by atoms with van der Waals surface area (Å²) in [6.45, 7) is -0.299. The van der Waals surface area contributed by atoms with E-state index in [9.17, 15) is 26.4 Å². The molecule has 2 aromatic carbocycles. The number of aromatic nitrogens is 2. The fraction of sp³-hybridized carbons (Fsp3) is 0.227. The van der Waals surface area contributed by atoms with E-state index < -0.39 is 38.7 Å². The number of carbonyl (C=O) groups is 1. The highest BCUT2D eigenvalue weighted by Crippen LogP contribution is 2.41. The molecule has 1 atom stereocenters. The molecular weight excluding hydrogens is 511 g/mol. The van der Waals surface area contributed by atoms with Gasteiger partial charge in [0.25, 0.3) is 10.0 Å². The summed E-state index contributed by atoms with van der Waals surface area (Å²) in [5.74, 6) is -0.964. The molecule has 1 aliphatic heterocycles. The molecule has 0 spiro atoms. The van der Waals surface area contributed by atoms with Gasteiger partial charge in [-0.25, -0.2) is 18.4 Å². The Morgan fingerprint density at radius 1 is 1.20 bits per heavy atom. The van der Waals surface area contributed by atoms with Gasteiger partial charge in [-0.2, -0.15) is 13.2 Å². The molecule has 0 fully saturated rings. The van der Waals surface area contributed by atoms with E-state index in [1.165, 1.54) is 18.3 Å². The molecule has 0 bridgehead atoms. The Balaban J connectivity index is 1.81. The lowest BCUT2D eigenvalue weighted by molar-refractivity contribution is -0.138. The van der Waals surface area contributed by atoms with Crippen LogP contribution in [0.15, 0.2) is 59.6 Å². The number of ether oxygens (including phenoxy) is 1. The highest BCUT2D eigenvalue weighted by Gasteiger charge is 2.37. The van der Waals surface area contributed by atoms with Crippen molar-refractivity contribution in [3.05, 3.63) is 65.6 Å². The zero-order valence-electron chi connectivity index (χ0n) is 17.7. The van der Waals surface area contributed by atoms with Crippen LogP contribution in [0.2, 0.25) is 5.28 Å². The number of sulfonamides is 1. The molecule has 0 aliphatic carbocycles. The molecule has 0 saturated carbocycles. The minimum atomic E-state index is -4.74. The zero-order valence-corrected chi connectivity index (χ0v) is 19.3. The first-order chi connectivity index (χ1) is 16.4. The van der Waals surface area contributed by atoms with Crippen molar-refractivity contribution in [2.75, 3.05) is 10.8 Å². The molecule has 2 heterocycles. The quantitative estimate of drug-likeness (QED) is 0.465. The number of carboxylic acid groups (broad SMARTS) is 1. The van der Waals surface area contributed by atoms with Gasteiger partial charge in [-0.1, -0.05) is 6.07 Å². The van der Waals surface area contributed by atoms with Crippen LogP contribution in [0.1, 0.15) is 18.4 Å². The van der Waals surface area contributed by atoms with Gasteiger partial charge in [-0.05, 0) is 60.5 Å². The molecule has 1 aromatic heterocycles. The van der Waals surface area contributed by atoms with Gasteiger partial charge < -0.3 is 9.84 Å². The first-order valence-corrected chi connectivity index (χ1v) is 12.0. The average Bonchev–Trinajstić information content (AvgIpc) is 2.81. The van der Waals surface area contributed by atoms with Crippen molar-refractivity contribution in [1.29, 1.82) is 0 Å². The zero-order chi connectivity index (χ0) is 25.4. The van der Waals surface area contributed by atoms with E-state index in [-0.39, 0.29) is 36.1 Å². The largest absolute Gasteiger partial charge is 0.486 e. The number of alkyl halides is 3. The van der Waals surface area contributed by atoms with Crippen LogP contribution in [0.4, 0.5) is 18.9 Å². The summed E-state index contributed by atoms with van der Waals surface area (Å²) in [7, 11) is -4.49. The Morgan fingerprint density at radius 2 is 1.97 bits per heavy atom. The molecule has 184 valence electrons. The maximum absolute atomic E-state index is 13.6. The van der Waals surface area contributed by atoms with Crippen LogP contribution in [-0.2, 0) is 21.0 Å². The van der Waals surface area contributed by atoms with Crippen LogP contribution in [0.25, 0.3) is 11.3 Å². The molecule has 0 amide bonds. The van der Waals surface area contributed by atoms with E-state index in [4.69, 9.17) is 21.4 Å². The van der Waals surface area contributed by atoms with Crippen molar-refractivity contribution in [1.82, 2.24) is 9.97 Å². The molecule has 13 heteroatoms. The number of hydrogen-bond donors (Lipinski definition) is 1. The Hall–Kier alpha value is -3.38. The van der Waals surface area contributed by atoms with Crippen molar-refractivity contribution in [2.45, 2.75) is 30.0 Å². The van der Waals surface area contributed by atoms with Gasteiger partial charge in [-0.15, -0.1) is 0 Å². The minimum Gasteiger partial charge on any atom is -0.486 e. The maximum atomic E-state index is 13.6. The van der Waals surface area contributed by atoms with E-state index in [1.54, 1.807) is 12.1 Å². The first-order valence-electron chi connectivity index (χ1n) is 10.2. The van der Waals surface area contributed by atoms with E-state index in [0.717, 1.165) is 22.5 Å². The third-order valence-electron chi connectivity index (χ3n) is 5.24. The van der Waals surface area contributed by atoms with Crippen molar-refractivity contribution in [3.8, 4) is 17.0 Å². The number of hydrogen-bond acceptors (Lipinski definition) is 6. The number of anilines is 1. The van der Waals surface area contributed by atoms with Crippen molar-refractivity contribution >= 4 is 33.3 Å². The van der Waals surface area contributed by atoms with E-state index >= 15 is 0 Å². The van der Waals surface area contributed by atoms with Gasteiger partial charge in [0.15, 0.2) is 0 Å². The van der Waals surface area contributed by atoms with Crippen LogP contribution in [-0.4, -0.2) is 42.1 Å². The molecule has 4 rings (SSSR count). The number of fused-ring (bicyclic) bond motifs is 1. The summed E-state index contributed by atoms with van der Waals surface area (Å²) in [6, 6.07) is 9.53. The number of carboxylic acids is 1. The number of halogens is 4. The van der Waals surface area contributed by atoms with Gasteiger partial charge in [0.2, 0.25) is 5.28 Å². The van der Waals surface area contributed by atoms with E-state index in [1.807, 2.05) is 0 Å². The monoisotopic (exact) mass is 527 g/mol.